The number of esters is 1. The van der Waals surface area contributed by atoms with Crippen LogP contribution in [-0.2, 0) is 20.7 Å². The Morgan fingerprint density at radius 2 is 2.03 bits per heavy atom. The molecular formula is C22H19ClN4O3. The Labute approximate surface area is 178 Å². The van der Waals surface area contributed by atoms with Crippen molar-refractivity contribution < 1.29 is 14.3 Å². The number of para-hydroxylation sites is 1. The highest BCUT2D eigenvalue weighted by Crippen LogP contribution is 2.20. The minimum absolute atomic E-state index is 0.126. The average Bonchev–Trinajstić information content (AvgIpc) is 3.22. The van der Waals surface area contributed by atoms with Crippen molar-refractivity contribution >= 4 is 29.2 Å². The fourth-order valence-corrected chi connectivity index (χ4v) is 2.92. The molecule has 0 radical (unpaired) electrons. The van der Waals surface area contributed by atoms with E-state index < -0.39 is 18.0 Å². The van der Waals surface area contributed by atoms with Crippen LogP contribution in [0, 0.1) is 11.3 Å². The van der Waals surface area contributed by atoms with Crippen LogP contribution in [0.15, 0.2) is 60.9 Å². The van der Waals surface area contributed by atoms with Crippen molar-refractivity contribution in [1.29, 1.82) is 5.26 Å². The van der Waals surface area contributed by atoms with Gasteiger partial charge < -0.3 is 10.1 Å². The maximum atomic E-state index is 12.2. The second-order valence-corrected chi connectivity index (χ2v) is 6.96. The number of carbonyl (C=O) groups excluding carboxylic acids is 2. The predicted octanol–water partition coefficient (Wildman–Crippen LogP) is 3.90. The highest BCUT2D eigenvalue weighted by Gasteiger charge is 2.18. The summed E-state index contributed by atoms with van der Waals surface area (Å²) in [4.78, 5) is 24.3. The molecule has 1 amide bonds. The molecule has 0 fully saturated rings. The number of anilines is 1. The lowest BCUT2D eigenvalue weighted by Crippen LogP contribution is -2.30. The zero-order valence-corrected chi connectivity index (χ0v) is 17.0. The first-order valence-corrected chi connectivity index (χ1v) is 9.63. The van der Waals surface area contributed by atoms with Gasteiger partial charge in [0.25, 0.3) is 5.91 Å². The summed E-state index contributed by atoms with van der Waals surface area (Å²) in [6.45, 7) is 1.49. The van der Waals surface area contributed by atoms with E-state index in [1.807, 2.05) is 42.6 Å². The standard InChI is InChI=1S/C22H19ClN4O3/c1-15(22(29)26-18-9-8-17(12-24)20(23)11-18)30-21(28)10-7-16-13-25-27(14-16)19-5-3-2-4-6-19/h2-6,8-9,11,13-15H,7,10H2,1H3,(H,26,29). The summed E-state index contributed by atoms with van der Waals surface area (Å²) >= 11 is 5.95. The highest BCUT2D eigenvalue weighted by molar-refractivity contribution is 6.32. The van der Waals surface area contributed by atoms with Crippen molar-refractivity contribution in [3.05, 3.63) is 77.1 Å². The molecule has 0 saturated heterocycles. The van der Waals surface area contributed by atoms with Gasteiger partial charge in [-0.25, -0.2) is 4.68 Å². The van der Waals surface area contributed by atoms with Crippen LogP contribution in [0.1, 0.15) is 24.5 Å². The average molecular weight is 423 g/mol. The summed E-state index contributed by atoms with van der Waals surface area (Å²) < 4.78 is 6.94. The molecule has 1 atom stereocenters. The molecule has 8 heteroatoms. The van der Waals surface area contributed by atoms with E-state index in [9.17, 15) is 9.59 Å². The molecule has 30 heavy (non-hydrogen) atoms. The van der Waals surface area contributed by atoms with E-state index in [1.54, 1.807) is 16.9 Å². The van der Waals surface area contributed by atoms with E-state index in [1.165, 1.54) is 19.1 Å². The van der Waals surface area contributed by atoms with Gasteiger partial charge in [0.2, 0.25) is 0 Å². The van der Waals surface area contributed by atoms with Crippen LogP contribution in [0.2, 0.25) is 5.02 Å². The number of nitriles is 1. The fraction of sp³-hybridized carbons (Fsp3) is 0.182. The Morgan fingerprint density at radius 1 is 1.27 bits per heavy atom. The molecule has 1 unspecified atom stereocenters. The molecule has 3 aromatic rings. The Bertz CT molecular complexity index is 1090. The van der Waals surface area contributed by atoms with Gasteiger partial charge in [0.15, 0.2) is 6.10 Å². The van der Waals surface area contributed by atoms with E-state index >= 15 is 0 Å². The van der Waals surface area contributed by atoms with E-state index in [-0.39, 0.29) is 11.4 Å². The van der Waals surface area contributed by atoms with E-state index in [0.717, 1.165) is 11.3 Å². The monoisotopic (exact) mass is 422 g/mol. The van der Waals surface area contributed by atoms with E-state index in [4.69, 9.17) is 21.6 Å². The summed E-state index contributed by atoms with van der Waals surface area (Å²) in [6.07, 6.45) is 3.16. The number of benzene rings is 2. The minimum atomic E-state index is -0.973. The van der Waals surface area contributed by atoms with Crippen LogP contribution in [0.25, 0.3) is 5.69 Å². The quantitative estimate of drug-likeness (QED) is 0.582. The first-order valence-electron chi connectivity index (χ1n) is 9.25. The maximum absolute atomic E-state index is 12.2. The molecule has 152 valence electrons. The SMILES string of the molecule is CC(OC(=O)CCc1cnn(-c2ccccc2)c1)C(=O)Nc1ccc(C#N)c(Cl)c1. The van der Waals surface area contributed by atoms with Crippen molar-refractivity contribution in [2.24, 2.45) is 0 Å². The third-order valence-electron chi connectivity index (χ3n) is 4.31. The van der Waals surface area contributed by atoms with Crippen molar-refractivity contribution in [1.82, 2.24) is 9.78 Å². The lowest BCUT2D eigenvalue weighted by Gasteiger charge is -2.13. The summed E-state index contributed by atoms with van der Waals surface area (Å²) in [5, 5.41) is 16.0. The molecule has 0 aliphatic heterocycles. The molecule has 0 aliphatic rings. The Hall–Kier alpha value is -3.63. The van der Waals surface area contributed by atoms with Crippen molar-refractivity contribution in [2.75, 3.05) is 5.32 Å². The molecule has 7 nitrogen and oxygen atoms in total. The molecule has 1 N–H and O–H groups in total. The van der Waals surface area contributed by atoms with Gasteiger partial charge in [0.05, 0.1) is 22.5 Å². The van der Waals surface area contributed by atoms with Crippen LogP contribution in [0.4, 0.5) is 5.69 Å². The van der Waals surface area contributed by atoms with Gasteiger partial charge in [-0.05, 0) is 49.2 Å². The van der Waals surface area contributed by atoms with Crippen LogP contribution in [0.5, 0.6) is 0 Å². The van der Waals surface area contributed by atoms with Gasteiger partial charge in [-0.2, -0.15) is 10.4 Å². The van der Waals surface area contributed by atoms with Gasteiger partial charge in [-0.1, -0.05) is 29.8 Å². The van der Waals surface area contributed by atoms with Crippen LogP contribution in [0.3, 0.4) is 0 Å². The topological polar surface area (TPSA) is 97.0 Å². The van der Waals surface area contributed by atoms with Gasteiger partial charge in [0, 0.05) is 18.3 Å². The second-order valence-electron chi connectivity index (χ2n) is 6.56. The molecule has 2 aromatic carbocycles. The smallest absolute Gasteiger partial charge is 0.306 e. The molecule has 0 saturated carbocycles. The maximum Gasteiger partial charge on any atom is 0.306 e. The number of carbonyl (C=O) groups is 2. The van der Waals surface area contributed by atoms with Gasteiger partial charge in [-0.15, -0.1) is 0 Å². The third-order valence-corrected chi connectivity index (χ3v) is 4.62. The van der Waals surface area contributed by atoms with Crippen LogP contribution in [-0.4, -0.2) is 27.8 Å². The molecule has 0 spiro atoms. The van der Waals surface area contributed by atoms with Crippen LogP contribution >= 0.6 is 11.6 Å². The summed E-state index contributed by atoms with van der Waals surface area (Å²) in [5.41, 5.74) is 2.55. The first kappa shape index (κ1) is 21.1. The van der Waals surface area contributed by atoms with Gasteiger partial charge in [0.1, 0.15) is 6.07 Å². The largest absolute Gasteiger partial charge is 0.453 e. The number of aromatic nitrogens is 2. The second kappa shape index (κ2) is 9.72. The predicted molar refractivity (Wildman–Crippen MR) is 112 cm³/mol. The highest BCUT2D eigenvalue weighted by atomic mass is 35.5. The number of rotatable bonds is 7. The van der Waals surface area contributed by atoms with E-state index in [0.29, 0.717) is 17.7 Å². The normalized spacial score (nSPS) is 11.4. The third kappa shape index (κ3) is 5.46. The zero-order chi connectivity index (χ0) is 21.5. The number of amides is 1. The number of halogens is 1. The number of aryl methyl sites for hydroxylation is 1. The lowest BCUT2D eigenvalue weighted by atomic mass is 10.2. The Balaban J connectivity index is 1.48. The number of hydrogen-bond donors (Lipinski definition) is 1. The lowest BCUT2D eigenvalue weighted by molar-refractivity contribution is -0.153. The van der Waals surface area contributed by atoms with Crippen molar-refractivity contribution in [3.8, 4) is 11.8 Å². The molecular weight excluding hydrogens is 404 g/mol. The number of hydrogen-bond acceptors (Lipinski definition) is 5. The Morgan fingerprint density at radius 3 is 2.73 bits per heavy atom. The summed E-state index contributed by atoms with van der Waals surface area (Å²) in [7, 11) is 0. The number of nitrogens with one attached hydrogen (secondary N) is 1. The zero-order valence-electron chi connectivity index (χ0n) is 16.2. The van der Waals surface area contributed by atoms with Crippen molar-refractivity contribution in [3.63, 3.8) is 0 Å². The summed E-state index contributed by atoms with van der Waals surface area (Å²) in [5.74, 6) is -0.969. The van der Waals surface area contributed by atoms with E-state index in [2.05, 4.69) is 10.4 Å². The molecule has 3 rings (SSSR count). The van der Waals surface area contributed by atoms with Crippen LogP contribution < -0.4 is 5.32 Å². The fourth-order valence-electron chi connectivity index (χ4n) is 2.69. The minimum Gasteiger partial charge on any atom is -0.453 e. The molecule has 1 aromatic heterocycles. The first-order chi connectivity index (χ1) is 14.5. The van der Waals surface area contributed by atoms with Gasteiger partial charge in [-0.3, -0.25) is 9.59 Å². The van der Waals surface area contributed by atoms with Crippen molar-refractivity contribution in [2.45, 2.75) is 25.9 Å². The number of nitrogens with zero attached hydrogens (tertiary/aromatic N) is 3. The Kier molecular flexibility index (Phi) is 6.83. The molecule has 1 heterocycles. The molecule has 0 aliphatic carbocycles. The van der Waals surface area contributed by atoms with Gasteiger partial charge >= 0.3 is 5.97 Å². The molecule has 0 bridgehead atoms. The number of ether oxygens (including phenoxy) is 1. The summed E-state index contributed by atoms with van der Waals surface area (Å²) in [6, 6.07) is 16.1.